The number of thiophene rings is 1. The molecule has 1 fully saturated rings. The maximum Gasteiger partial charge on any atom is 0.270 e. The van der Waals surface area contributed by atoms with Gasteiger partial charge in [-0.05, 0) is 30.0 Å². The fraction of sp³-hybridized carbons (Fsp3) is 0.357. The van der Waals surface area contributed by atoms with E-state index in [9.17, 15) is 13.2 Å². The van der Waals surface area contributed by atoms with Crippen LogP contribution in [0.2, 0.25) is 0 Å². The number of aromatic nitrogens is 1. The van der Waals surface area contributed by atoms with E-state index in [1.165, 1.54) is 15.6 Å². The number of nitrogens with one attached hydrogen (secondary N) is 1. The smallest absolute Gasteiger partial charge is 0.270 e. The third-order valence-electron chi connectivity index (χ3n) is 3.66. The summed E-state index contributed by atoms with van der Waals surface area (Å²) in [5.74, 6) is -0.0830. The summed E-state index contributed by atoms with van der Waals surface area (Å²) in [5.41, 5.74) is 0.537. The molecule has 2 aromatic rings. The zero-order chi connectivity index (χ0) is 15.6. The minimum Gasteiger partial charge on any atom is -0.357 e. The van der Waals surface area contributed by atoms with Crippen LogP contribution >= 0.6 is 11.3 Å². The molecule has 1 aliphatic rings. The van der Waals surface area contributed by atoms with Gasteiger partial charge in [0.05, 0.1) is 0 Å². The summed E-state index contributed by atoms with van der Waals surface area (Å²) in [5, 5.41) is 1.76. The zero-order valence-electron chi connectivity index (χ0n) is 11.9. The lowest BCUT2D eigenvalue weighted by atomic mass is 10.3. The van der Waals surface area contributed by atoms with E-state index in [2.05, 4.69) is 4.98 Å². The molecule has 0 aromatic carbocycles. The van der Waals surface area contributed by atoms with Crippen molar-refractivity contribution in [2.24, 2.45) is 0 Å². The fourth-order valence-electron chi connectivity index (χ4n) is 2.51. The van der Waals surface area contributed by atoms with E-state index >= 15 is 0 Å². The molecule has 0 radical (unpaired) electrons. The van der Waals surface area contributed by atoms with Crippen molar-refractivity contribution in [1.29, 1.82) is 0 Å². The first kappa shape index (κ1) is 15.3. The van der Waals surface area contributed by atoms with E-state index in [0.29, 0.717) is 42.5 Å². The first-order valence-corrected chi connectivity index (χ1v) is 9.37. The summed E-state index contributed by atoms with van der Waals surface area (Å²) in [7, 11) is -3.44. The summed E-state index contributed by atoms with van der Waals surface area (Å²) in [4.78, 5) is 16.9. The van der Waals surface area contributed by atoms with Crippen LogP contribution in [0.5, 0.6) is 0 Å². The SMILES string of the molecule is O=C(c1ccc[nH]1)N1CCCN(S(=O)(=O)c2cccs2)CC1. The Morgan fingerprint density at radius 3 is 2.68 bits per heavy atom. The molecule has 3 rings (SSSR count). The highest BCUT2D eigenvalue weighted by molar-refractivity contribution is 7.91. The number of sulfonamides is 1. The number of amides is 1. The highest BCUT2D eigenvalue weighted by Gasteiger charge is 2.29. The van der Waals surface area contributed by atoms with Gasteiger partial charge in [0, 0.05) is 32.4 Å². The van der Waals surface area contributed by atoms with E-state index in [4.69, 9.17) is 0 Å². The second-order valence-electron chi connectivity index (χ2n) is 5.07. The molecule has 1 amide bonds. The Balaban J connectivity index is 1.72. The molecule has 118 valence electrons. The number of H-pyrrole nitrogens is 1. The van der Waals surface area contributed by atoms with Gasteiger partial charge in [-0.15, -0.1) is 11.3 Å². The Morgan fingerprint density at radius 1 is 1.14 bits per heavy atom. The first-order valence-electron chi connectivity index (χ1n) is 7.05. The fourth-order valence-corrected chi connectivity index (χ4v) is 5.12. The molecule has 2 aromatic heterocycles. The summed E-state index contributed by atoms with van der Waals surface area (Å²) in [6, 6.07) is 6.86. The average molecular weight is 339 g/mol. The molecule has 0 saturated carbocycles. The Hall–Kier alpha value is -1.64. The van der Waals surface area contributed by atoms with Gasteiger partial charge in [-0.2, -0.15) is 4.31 Å². The van der Waals surface area contributed by atoms with Crippen molar-refractivity contribution < 1.29 is 13.2 Å². The standard InChI is InChI=1S/C14H17N3O3S2/c18-14(12-4-1-6-15-12)16-7-3-8-17(10-9-16)22(19,20)13-5-2-11-21-13/h1-2,4-6,11,15H,3,7-10H2. The van der Waals surface area contributed by atoms with Gasteiger partial charge in [0.25, 0.3) is 15.9 Å². The average Bonchev–Trinajstić information content (AvgIpc) is 3.16. The molecule has 1 saturated heterocycles. The van der Waals surface area contributed by atoms with Crippen molar-refractivity contribution in [3.05, 3.63) is 41.5 Å². The lowest BCUT2D eigenvalue weighted by Crippen LogP contribution is -2.37. The molecular formula is C14H17N3O3S2. The van der Waals surface area contributed by atoms with E-state index in [-0.39, 0.29) is 5.91 Å². The van der Waals surface area contributed by atoms with Crippen LogP contribution < -0.4 is 0 Å². The maximum absolute atomic E-state index is 12.5. The van der Waals surface area contributed by atoms with Gasteiger partial charge < -0.3 is 9.88 Å². The van der Waals surface area contributed by atoms with E-state index in [1.54, 1.807) is 40.7 Å². The molecule has 3 heterocycles. The van der Waals surface area contributed by atoms with Crippen molar-refractivity contribution in [3.63, 3.8) is 0 Å². The Kier molecular flexibility index (Phi) is 4.32. The third kappa shape index (κ3) is 2.94. The molecule has 0 atom stereocenters. The Bertz CT molecular complexity index is 723. The topological polar surface area (TPSA) is 73.5 Å². The van der Waals surface area contributed by atoms with Gasteiger partial charge in [-0.25, -0.2) is 8.42 Å². The van der Waals surface area contributed by atoms with Crippen LogP contribution in [0.25, 0.3) is 0 Å². The second kappa shape index (κ2) is 6.23. The quantitative estimate of drug-likeness (QED) is 0.923. The van der Waals surface area contributed by atoms with Crippen molar-refractivity contribution >= 4 is 27.3 Å². The molecule has 0 unspecified atom stereocenters. The largest absolute Gasteiger partial charge is 0.357 e. The predicted octanol–water partition coefficient (Wildman–Crippen LogP) is 1.61. The van der Waals surface area contributed by atoms with Crippen LogP contribution in [0.1, 0.15) is 16.9 Å². The molecule has 0 spiro atoms. The summed E-state index contributed by atoms with van der Waals surface area (Å²) < 4.78 is 26.9. The van der Waals surface area contributed by atoms with E-state index in [1.807, 2.05) is 0 Å². The van der Waals surface area contributed by atoms with Crippen LogP contribution in [-0.2, 0) is 10.0 Å². The van der Waals surface area contributed by atoms with Gasteiger partial charge in [-0.3, -0.25) is 4.79 Å². The number of carbonyl (C=O) groups is 1. The summed E-state index contributed by atoms with van der Waals surface area (Å²) in [6.07, 6.45) is 2.34. The van der Waals surface area contributed by atoms with Crippen LogP contribution in [-0.4, -0.2) is 54.7 Å². The molecule has 0 aliphatic carbocycles. The van der Waals surface area contributed by atoms with Gasteiger partial charge in [0.15, 0.2) is 0 Å². The predicted molar refractivity (Wildman–Crippen MR) is 84.4 cm³/mol. The van der Waals surface area contributed by atoms with E-state index < -0.39 is 10.0 Å². The summed E-state index contributed by atoms with van der Waals surface area (Å²) >= 11 is 1.22. The van der Waals surface area contributed by atoms with E-state index in [0.717, 1.165) is 0 Å². The Labute approximate surface area is 133 Å². The second-order valence-corrected chi connectivity index (χ2v) is 8.18. The number of carbonyl (C=O) groups excluding carboxylic acids is 1. The number of nitrogens with zero attached hydrogens (tertiary/aromatic N) is 2. The molecule has 1 aliphatic heterocycles. The molecule has 8 heteroatoms. The van der Waals surface area contributed by atoms with Crippen LogP contribution in [0.4, 0.5) is 0 Å². The minimum absolute atomic E-state index is 0.0830. The molecular weight excluding hydrogens is 322 g/mol. The van der Waals surface area contributed by atoms with Crippen molar-refractivity contribution in [2.45, 2.75) is 10.6 Å². The van der Waals surface area contributed by atoms with Gasteiger partial charge in [0.1, 0.15) is 9.90 Å². The normalized spacial score (nSPS) is 17.4. The highest BCUT2D eigenvalue weighted by Crippen LogP contribution is 2.22. The number of rotatable bonds is 3. The van der Waals surface area contributed by atoms with Crippen LogP contribution in [0.3, 0.4) is 0 Å². The summed E-state index contributed by atoms with van der Waals surface area (Å²) in [6.45, 7) is 1.73. The van der Waals surface area contributed by atoms with Gasteiger partial charge in [0.2, 0.25) is 0 Å². The zero-order valence-corrected chi connectivity index (χ0v) is 13.6. The number of aromatic amines is 1. The molecule has 1 N–H and O–H groups in total. The van der Waals surface area contributed by atoms with Crippen LogP contribution in [0, 0.1) is 0 Å². The molecule has 6 nitrogen and oxygen atoms in total. The maximum atomic E-state index is 12.5. The lowest BCUT2D eigenvalue weighted by molar-refractivity contribution is 0.0759. The first-order chi connectivity index (χ1) is 10.6. The monoisotopic (exact) mass is 339 g/mol. The van der Waals surface area contributed by atoms with Gasteiger partial charge >= 0.3 is 0 Å². The number of hydrogen-bond acceptors (Lipinski definition) is 4. The van der Waals surface area contributed by atoms with Gasteiger partial charge in [-0.1, -0.05) is 6.07 Å². The van der Waals surface area contributed by atoms with Crippen molar-refractivity contribution in [1.82, 2.24) is 14.2 Å². The highest BCUT2D eigenvalue weighted by atomic mass is 32.2. The van der Waals surface area contributed by atoms with Crippen molar-refractivity contribution in [2.75, 3.05) is 26.2 Å². The lowest BCUT2D eigenvalue weighted by Gasteiger charge is -2.21. The minimum atomic E-state index is -3.44. The molecule has 0 bridgehead atoms. The Morgan fingerprint density at radius 2 is 2.00 bits per heavy atom. The van der Waals surface area contributed by atoms with Crippen molar-refractivity contribution in [3.8, 4) is 0 Å². The number of hydrogen-bond donors (Lipinski definition) is 1. The molecule has 22 heavy (non-hydrogen) atoms. The third-order valence-corrected chi connectivity index (χ3v) is 6.93. The van der Waals surface area contributed by atoms with Crippen LogP contribution in [0.15, 0.2) is 40.1 Å².